The van der Waals surface area contributed by atoms with E-state index in [4.69, 9.17) is 0 Å². The second kappa shape index (κ2) is 5.54. The van der Waals surface area contributed by atoms with Crippen molar-refractivity contribution < 1.29 is 5.11 Å². The normalized spacial score (nSPS) is 24.6. The van der Waals surface area contributed by atoms with Crippen LogP contribution in [-0.4, -0.2) is 44.0 Å². The summed E-state index contributed by atoms with van der Waals surface area (Å²) in [6.45, 7) is 3.89. The Balaban J connectivity index is 1.38. The van der Waals surface area contributed by atoms with E-state index in [1.54, 1.807) is 6.33 Å². The highest BCUT2D eigenvalue weighted by Crippen LogP contribution is 2.53. The maximum absolute atomic E-state index is 10.4. The molecular formula is C22H25N5O. The third-order valence-electron chi connectivity index (χ3n) is 7.40. The molecule has 2 aromatic heterocycles. The van der Waals surface area contributed by atoms with Gasteiger partial charge in [-0.1, -0.05) is 25.5 Å². The number of hydrogen-bond acceptors (Lipinski definition) is 5. The van der Waals surface area contributed by atoms with Gasteiger partial charge in [-0.05, 0) is 42.7 Å². The molecule has 0 amide bonds. The Morgan fingerprint density at radius 3 is 2.61 bits per heavy atom. The molecule has 144 valence electrons. The minimum atomic E-state index is -0.248. The molecule has 0 radical (unpaired) electrons. The first-order valence-electron chi connectivity index (χ1n) is 10.3. The van der Waals surface area contributed by atoms with Crippen molar-refractivity contribution in [3.63, 3.8) is 0 Å². The summed E-state index contributed by atoms with van der Waals surface area (Å²) >= 11 is 0. The van der Waals surface area contributed by atoms with E-state index in [9.17, 15) is 5.11 Å². The molecule has 1 saturated heterocycles. The first kappa shape index (κ1) is 16.5. The molecule has 6 heteroatoms. The fourth-order valence-electron chi connectivity index (χ4n) is 4.98. The van der Waals surface area contributed by atoms with Crippen molar-refractivity contribution in [2.24, 2.45) is 5.41 Å². The van der Waals surface area contributed by atoms with Gasteiger partial charge in [0.2, 0.25) is 0 Å². The lowest BCUT2D eigenvalue weighted by Crippen LogP contribution is -2.30. The van der Waals surface area contributed by atoms with Crippen LogP contribution in [0.3, 0.4) is 0 Å². The van der Waals surface area contributed by atoms with Crippen LogP contribution in [0.15, 0.2) is 36.8 Å². The quantitative estimate of drug-likeness (QED) is 0.761. The molecule has 1 aromatic carbocycles. The summed E-state index contributed by atoms with van der Waals surface area (Å²) in [5, 5.41) is 16.1. The minimum absolute atomic E-state index is 0.108. The molecule has 3 heterocycles. The summed E-state index contributed by atoms with van der Waals surface area (Å²) < 4.78 is 1.92. The van der Waals surface area contributed by atoms with E-state index < -0.39 is 0 Å². The molecule has 1 spiro atoms. The summed E-state index contributed by atoms with van der Waals surface area (Å²) in [5.41, 5.74) is 2.89. The van der Waals surface area contributed by atoms with Crippen molar-refractivity contribution >= 4 is 16.7 Å². The minimum Gasteiger partial charge on any atom is -0.391 e. The highest BCUT2D eigenvalue weighted by atomic mass is 16.3. The monoisotopic (exact) mass is 375 g/mol. The SMILES string of the molecule is CC1(c2ccc3cnn(-c4cc(N5C[C@@H](O)C6(CC6)C5)ncn4)c3c2)CCC1. The Morgan fingerprint density at radius 1 is 1.07 bits per heavy atom. The third kappa shape index (κ3) is 2.33. The Hall–Kier alpha value is -2.47. The number of hydrogen-bond donors (Lipinski definition) is 1. The van der Waals surface area contributed by atoms with Crippen molar-refractivity contribution in [1.29, 1.82) is 0 Å². The van der Waals surface area contributed by atoms with Crippen LogP contribution >= 0.6 is 0 Å². The van der Waals surface area contributed by atoms with E-state index >= 15 is 0 Å². The third-order valence-corrected chi connectivity index (χ3v) is 7.40. The highest BCUT2D eigenvalue weighted by Gasteiger charge is 2.54. The van der Waals surface area contributed by atoms with Crippen LogP contribution in [-0.2, 0) is 5.41 Å². The maximum atomic E-state index is 10.4. The molecule has 1 N–H and O–H groups in total. The molecule has 0 bridgehead atoms. The van der Waals surface area contributed by atoms with Crippen molar-refractivity contribution in [3.8, 4) is 5.82 Å². The predicted octanol–water partition coefficient (Wildman–Crippen LogP) is 3.22. The Bertz CT molecular complexity index is 1070. The zero-order valence-corrected chi connectivity index (χ0v) is 16.2. The molecule has 6 rings (SSSR count). The van der Waals surface area contributed by atoms with Gasteiger partial charge in [0.1, 0.15) is 12.1 Å². The number of β-amino-alcohol motifs (C(OH)–C–C–N with tert-alkyl or cyclic N) is 1. The van der Waals surface area contributed by atoms with Gasteiger partial charge in [0.05, 0.1) is 17.8 Å². The summed E-state index contributed by atoms with van der Waals surface area (Å²) in [6, 6.07) is 8.70. The molecule has 1 atom stereocenters. The standard InChI is InChI=1S/C22H25N5O/c1-21(5-2-6-21)16-4-3-15-11-25-27(17(15)9-16)20-10-19(23-14-24-20)26-12-18(28)22(13-26)7-8-22/h3-4,9-11,14,18,28H,2,5-8,12-13H2,1H3/t18-/m1/s1. The average molecular weight is 375 g/mol. The number of rotatable bonds is 3. The van der Waals surface area contributed by atoms with E-state index in [-0.39, 0.29) is 11.5 Å². The number of fused-ring (bicyclic) bond motifs is 1. The molecule has 28 heavy (non-hydrogen) atoms. The van der Waals surface area contributed by atoms with Gasteiger partial charge >= 0.3 is 0 Å². The van der Waals surface area contributed by atoms with E-state index in [2.05, 4.69) is 45.1 Å². The predicted molar refractivity (Wildman–Crippen MR) is 108 cm³/mol. The van der Waals surface area contributed by atoms with Crippen molar-refractivity contribution in [3.05, 3.63) is 42.4 Å². The van der Waals surface area contributed by atoms with E-state index in [1.165, 1.54) is 24.8 Å². The molecule has 2 aliphatic carbocycles. The van der Waals surface area contributed by atoms with Gasteiger partial charge in [-0.15, -0.1) is 0 Å². The van der Waals surface area contributed by atoms with Crippen LogP contribution in [0.2, 0.25) is 0 Å². The average Bonchev–Trinajstić information content (AvgIpc) is 3.23. The van der Waals surface area contributed by atoms with Crippen LogP contribution < -0.4 is 4.90 Å². The molecule has 3 fully saturated rings. The van der Waals surface area contributed by atoms with Crippen LogP contribution in [0.4, 0.5) is 5.82 Å². The fraction of sp³-hybridized carbons (Fsp3) is 0.500. The lowest BCUT2D eigenvalue weighted by atomic mass is 9.66. The molecule has 2 saturated carbocycles. The second-order valence-corrected chi connectivity index (χ2v) is 9.24. The Kier molecular flexibility index (Phi) is 3.26. The van der Waals surface area contributed by atoms with Gasteiger partial charge in [0.15, 0.2) is 5.82 Å². The van der Waals surface area contributed by atoms with Crippen LogP contribution in [0.1, 0.15) is 44.6 Å². The van der Waals surface area contributed by atoms with E-state index in [0.29, 0.717) is 12.0 Å². The van der Waals surface area contributed by atoms with Crippen LogP contribution in [0.25, 0.3) is 16.7 Å². The fourth-order valence-corrected chi connectivity index (χ4v) is 4.98. The number of anilines is 1. The smallest absolute Gasteiger partial charge is 0.159 e. The van der Waals surface area contributed by atoms with Gasteiger partial charge in [0, 0.05) is 30.0 Å². The summed E-state index contributed by atoms with van der Waals surface area (Å²) in [7, 11) is 0. The van der Waals surface area contributed by atoms with Crippen molar-refractivity contribution in [2.75, 3.05) is 18.0 Å². The lowest BCUT2D eigenvalue weighted by Gasteiger charge is -2.39. The largest absolute Gasteiger partial charge is 0.391 e. The van der Waals surface area contributed by atoms with Crippen LogP contribution in [0, 0.1) is 5.41 Å². The zero-order valence-electron chi connectivity index (χ0n) is 16.2. The van der Waals surface area contributed by atoms with Gasteiger partial charge < -0.3 is 10.0 Å². The van der Waals surface area contributed by atoms with Gasteiger partial charge in [-0.25, -0.2) is 14.6 Å². The van der Waals surface area contributed by atoms with Gasteiger partial charge in [0.25, 0.3) is 0 Å². The molecule has 1 aliphatic heterocycles. The molecule has 0 unspecified atom stereocenters. The van der Waals surface area contributed by atoms with Crippen molar-refractivity contribution in [1.82, 2.24) is 19.7 Å². The molecule has 3 aromatic rings. The topological polar surface area (TPSA) is 67.1 Å². The van der Waals surface area contributed by atoms with E-state index in [1.807, 2.05) is 16.9 Å². The summed E-state index contributed by atoms with van der Waals surface area (Å²) in [4.78, 5) is 11.2. The van der Waals surface area contributed by atoms with E-state index in [0.717, 1.165) is 41.9 Å². The number of nitrogens with zero attached hydrogens (tertiary/aromatic N) is 5. The summed E-state index contributed by atoms with van der Waals surface area (Å²) in [6.07, 6.45) is 9.32. The van der Waals surface area contributed by atoms with Gasteiger partial charge in [-0.2, -0.15) is 5.10 Å². The number of benzene rings is 1. The number of aliphatic hydroxyl groups excluding tert-OH is 1. The second-order valence-electron chi connectivity index (χ2n) is 9.24. The Labute approximate surface area is 164 Å². The number of aromatic nitrogens is 4. The first-order valence-corrected chi connectivity index (χ1v) is 10.3. The first-order chi connectivity index (χ1) is 13.6. The van der Waals surface area contributed by atoms with Gasteiger partial charge in [-0.3, -0.25) is 0 Å². The lowest BCUT2D eigenvalue weighted by molar-refractivity contribution is 0.136. The van der Waals surface area contributed by atoms with Crippen molar-refractivity contribution in [2.45, 2.75) is 50.5 Å². The molecular weight excluding hydrogens is 350 g/mol. The zero-order chi connectivity index (χ0) is 18.9. The Morgan fingerprint density at radius 2 is 1.89 bits per heavy atom. The van der Waals surface area contributed by atoms with Crippen LogP contribution in [0.5, 0.6) is 0 Å². The number of aliphatic hydroxyl groups is 1. The maximum Gasteiger partial charge on any atom is 0.159 e. The molecule has 3 aliphatic rings. The summed E-state index contributed by atoms with van der Waals surface area (Å²) in [5.74, 6) is 1.65. The highest BCUT2D eigenvalue weighted by molar-refractivity contribution is 5.81. The molecule has 6 nitrogen and oxygen atoms in total.